The molecule has 0 radical (unpaired) electrons. The normalized spacial score (nSPS) is 17.4. The fourth-order valence-corrected chi connectivity index (χ4v) is 4.67. The molecule has 2 aromatic heterocycles. The molecular weight excluding hydrogens is 460 g/mol. The topological polar surface area (TPSA) is 86.3 Å². The third-order valence-electron chi connectivity index (χ3n) is 6.19. The summed E-state index contributed by atoms with van der Waals surface area (Å²) in [7, 11) is 2.14. The number of likely N-dealkylation sites (tertiary alicyclic amines) is 1. The molecule has 0 aliphatic carbocycles. The zero-order valence-electron chi connectivity index (χ0n) is 20.0. The second-order valence-electron chi connectivity index (χ2n) is 8.81. The number of nitrogens with zero attached hydrogens (tertiary/aromatic N) is 4. The minimum Gasteiger partial charge on any atom is -0.351 e. The maximum absolute atomic E-state index is 13.0. The molecule has 3 aromatic rings. The van der Waals surface area contributed by atoms with Crippen molar-refractivity contribution >= 4 is 51.8 Å². The minimum absolute atomic E-state index is 0.127. The van der Waals surface area contributed by atoms with Crippen molar-refractivity contribution in [1.29, 1.82) is 0 Å². The summed E-state index contributed by atoms with van der Waals surface area (Å²) >= 11 is 6.56. The summed E-state index contributed by atoms with van der Waals surface area (Å²) < 4.78 is 0. The van der Waals surface area contributed by atoms with Gasteiger partial charge in [-0.05, 0) is 76.5 Å². The highest BCUT2D eigenvalue weighted by Crippen LogP contribution is 2.31. The maximum atomic E-state index is 13.0. The summed E-state index contributed by atoms with van der Waals surface area (Å²) in [5.74, 6) is 3.41. The third-order valence-corrected chi connectivity index (χ3v) is 6.49. The molecule has 0 saturated carbocycles. The van der Waals surface area contributed by atoms with E-state index >= 15 is 0 Å². The van der Waals surface area contributed by atoms with E-state index in [0.717, 1.165) is 43.3 Å². The number of nitrogens with one attached hydrogen (secondary N) is 2. The number of fused-ring (bicyclic) bond motifs is 1. The van der Waals surface area contributed by atoms with Gasteiger partial charge in [-0.1, -0.05) is 17.5 Å². The van der Waals surface area contributed by atoms with Gasteiger partial charge in [-0.15, -0.1) is 6.42 Å². The van der Waals surface area contributed by atoms with Crippen LogP contribution in [0.4, 0.5) is 11.6 Å². The number of carbonyl (C=O) groups is 1. The average molecular weight is 489 g/mol. The van der Waals surface area contributed by atoms with Gasteiger partial charge in [0.25, 0.3) is 0 Å². The lowest BCUT2D eigenvalue weighted by Gasteiger charge is -2.13. The van der Waals surface area contributed by atoms with E-state index in [1.54, 1.807) is 30.6 Å². The standard InChI is InChI=1S/C27H29ClN6O/c1-4-7-22(29-5-2)23-9-11-30-27(33-23)31-20-15-19-16-24(32-26(19)21(28)17-20)25(35)14-18-8-6-12-34(3)13-10-18/h1,5,7,9,11,15-18,32H,6,8,10,12-14H2,2-3H3,(H,30,31,33). The number of H-pyrrole nitrogens is 1. The van der Waals surface area contributed by atoms with Crippen molar-refractivity contribution in [3.8, 4) is 12.3 Å². The van der Waals surface area contributed by atoms with E-state index in [0.29, 0.717) is 46.1 Å². The molecule has 4 rings (SSSR count). The quantitative estimate of drug-likeness (QED) is 0.252. The van der Waals surface area contributed by atoms with Crippen molar-refractivity contribution in [3.63, 3.8) is 0 Å². The lowest BCUT2D eigenvalue weighted by atomic mass is 9.94. The van der Waals surface area contributed by atoms with E-state index in [1.807, 2.05) is 19.1 Å². The highest BCUT2D eigenvalue weighted by Gasteiger charge is 2.20. The number of anilines is 2. The van der Waals surface area contributed by atoms with Crippen LogP contribution in [-0.4, -0.2) is 52.0 Å². The zero-order valence-corrected chi connectivity index (χ0v) is 20.8. The number of terminal acetylenes is 1. The van der Waals surface area contributed by atoms with E-state index < -0.39 is 0 Å². The lowest BCUT2D eigenvalue weighted by Crippen LogP contribution is -2.19. The molecule has 1 unspecified atom stereocenters. The second kappa shape index (κ2) is 11.3. The second-order valence-corrected chi connectivity index (χ2v) is 9.21. The molecule has 1 saturated heterocycles. The number of aromatic nitrogens is 3. The van der Waals surface area contributed by atoms with Gasteiger partial charge in [0.05, 0.1) is 27.6 Å². The van der Waals surface area contributed by atoms with Crippen molar-refractivity contribution in [2.45, 2.75) is 32.6 Å². The Balaban J connectivity index is 1.53. The Morgan fingerprint density at radius 3 is 3.03 bits per heavy atom. The molecule has 2 N–H and O–H groups in total. The maximum Gasteiger partial charge on any atom is 0.227 e. The first kappa shape index (κ1) is 24.6. The van der Waals surface area contributed by atoms with Crippen LogP contribution in [-0.2, 0) is 0 Å². The molecule has 7 nitrogen and oxygen atoms in total. The molecular formula is C27H29ClN6O. The van der Waals surface area contributed by atoms with E-state index in [4.69, 9.17) is 18.0 Å². The number of halogens is 1. The number of allylic oxidation sites excluding steroid dienone is 1. The van der Waals surface area contributed by atoms with Gasteiger partial charge in [0.1, 0.15) is 0 Å². The first-order valence-corrected chi connectivity index (χ1v) is 12.1. The number of Topliss-reactive ketones (excluding diaryl/α,β-unsaturated/α-hetero) is 1. The number of rotatable bonds is 7. The Labute approximate surface area is 210 Å². The molecule has 35 heavy (non-hydrogen) atoms. The smallest absolute Gasteiger partial charge is 0.227 e. The molecule has 1 aliphatic rings. The fourth-order valence-electron chi connectivity index (χ4n) is 4.39. The van der Waals surface area contributed by atoms with Crippen LogP contribution in [0.1, 0.15) is 48.8 Å². The summed E-state index contributed by atoms with van der Waals surface area (Å²) in [6, 6.07) is 7.33. The molecule has 0 amide bonds. The number of aromatic amines is 1. The molecule has 0 spiro atoms. The Bertz CT molecular complexity index is 1320. The van der Waals surface area contributed by atoms with Crippen LogP contribution in [0.2, 0.25) is 5.02 Å². The van der Waals surface area contributed by atoms with Crippen LogP contribution >= 0.6 is 11.6 Å². The SMILES string of the molecule is C#CC=C(N=CC)c1ccnc(Nc2cc(Cl)c3[nH]c(C(=O)CC4CCCN(C)CC4)cc3c2)n1. The number of hydrogen-bond acceptors (Lipinski definition) is 6. The molecule has 1 aliphatic heterocycles. The van der Waals surface area contributed by atoms with Crippen LogP contribution in [0.25, 0.3) is 16.6 Å². The summed E-state index contributed by atoms with van der Waals surface area (Å²) in [5.41, 5.74) is 3.22. The Morgan fingerprint density at radius 1 is 1.37 bits per heavy atom. The molecule has 3 heterocycles. The summed E-state index contributed by atoms with van der Waals surface area (Å²) in [4.78, 5) is 31.7. The number of hydrogen-bond donors (Lipinski definition) is 2. The largest absolute Gasteiger partial charge is 0.351 e. The predicted molar refractivity (Wildman–Crippen MR) is 143 cm³/mol. The van der Waals surface area contributed by atoms with E-state index in [9.17, 15) is 4.79 Å². The molecule has 8 heteroatoms. The Kier molecular flexibility index (Phi) is 7.96. The monoisotopic (exact) mass is 488 g/mol. The van der Waals surface area contributed by atoms with Crippen molar-refractivity contribution < 1.29 is 4.79 Å². The zero-order chi connectivity index (χ0) is 24.8. The molecule has 1 atom stereocenters. The van der Waals surface area contributed by atoms with Gasteiger partial charge in [-0.2, -0.15) is 0 Å². The minimum atomic E-state index is 0.127. The van der Waals surface area contributed by atoms with Gasteiger partial charge >= 0.3 is 0 Å². The van der Waals surface area contributed by atoms with Crippen LogP contribution in [0.3, 0.4) is 0 Å². The fraction of sp³-hybridized carbons (Fsp3) is 0.333. The van der Waals surface area contributed by atoms with Crippen LogP contribution in [0, 0.1) is 18.3 Å². The molecule has 1 fully saturated rings. The van der Waals surface area contributed by atoms with Crippen molar-refractivity contribution in [3.05, 3.63) is 52.9 Å². The first-order valence-electron chi connectivity index (χ1n) is 11.8. The summed E-state index contributed by atoms with van der Waals surface area (Å²) in [5, 5.41) is 4.56. The predicted octanol–water partition coefficient (Wildman–Crippen LogP) is 5.72. The first-order chi connectivity index (χ1) is 17.0. The number of ketones is 1. The van der Waals surface area contributed by atoms with Crippen LogP contribution in [0.5, 0.6) is 0 Å². The summed E-state index contributed by atoms with van der Waals surface area (Å²) in [6.07, 6.45) is 14.1. The van der Waals surface area contributed by atoms with Crippen LogP contribution < -0.4 is 5.32 Å². The highest BCUT2D eigenvalue weighted by molar-refractivity contribution is 6.35. The van der Waals surface area contributed by atoms with Gasteiger partial charge in [0, 0.05) is 36.0 Å². The highest BCUT2D eigenvalue weighted by atomic mass is 35.5. The van der Waals surface area contributed by atoms with Crippen molar-refractivity contribution in [2.24, 2.45) is 10.9 Å². The van der Waals surface area contributed by atoms with Gasteiger partial charge in [-0.25, -0.2) is 9.97 Å². The van der Waals surface area contributed by atoms with Crippen molar-refractivity contribution in [2.75, 3.05) is 25.5 Å². The summed E-state index contributed by atoms with van der Waals surface area (Å²) in [6.45, 7) is 3.95. The molecule has 1 aromatic carbocycles. The molecule has 180 valence electrons. The van der Waals surface area contributed by atoms with Crippen molar-refractivity contribution in [1.82, 2.24) is 19.9 Å². The van der Waals surface area contributed by atoms with Gasteiger partial charge in [0.2, 0.25) is 5.95 Å². The number of carbonyl (C=O) groups excluding carboxylic acids is 1. The Hall–Kier alpha value is -3.47. The van der Waals surface area contributed by atoms with Gasteiger partial charge < -0.3 is 15.2 Å². The van der Waals surface area contributed by atoms with Gasteiger partial charge in [0.15, 0.2) is 5.78 Å². The van der Waals surface area contributed by atoms with E-state index in [1.165, 1.54) is 0 Å². The number of benzene rings is 1. The average Bonchev–Trinajstić information content (AvgIpc) is 3.17. The van der Waals surface area contributed by atoms with Gasteiger partial charge in [-0.3, -0.25) is 9.79 Å². The lowest BCUT2D eigenvalue weighted by molar-refractivity contribution is 0.0953. The van der Waals surface area contributed by atoms with E-state index in [-0.39, 0.29) is 5.78 Å². The molecule has 0 bridgehead atoms. The van der Waals surface area contributed by atoms with E-state index in [2.05, 4.69) is 43.1 Å². The Morgan fingerprint density at radius 2 is 2.23 bits per heavy atom. The number of aliphatic imine (C=N–C) groups is 1. The third kappa shape index (κ3) is 6.16. The van der Waals surface area contributed by atoms with Crippen LogP contribution in [0.15, 0.2) is 41.5 Å².